The Hall–Kier alpha value is -3.07. The molecule has 0 aliphatic carbocycles. The summed E-state index contributed by atoms with van der Waals surface area (Å²) in [6.45, 7) is 9.35. The number of nitrogens with two attached hydrogens (primary N) is 1. The molecular weight excluding hydrogens is 462 g/mol. The molecule has 1 aliphatic rings. The molecule has 1 unspecified atom stereocenters. The SMILES string of the molecule is CC(C)C[C@@H](C(=O)N(C)C(=O)[C@@H](N)C(C)(C)C)C(CCCCN1C(=O)c2ccccc2C1=O)C(=O)O. The summed E-state index contributed by atoms with van der Waals surface area (Å²) in [6, 6.07) is 5.72. The maximum Gasteiger partial charge on any atom is 0.307 e. The van der Waals surface area contributed by atoms with E-state index in [1.54, 1.807) is 45.0 Å². The molecule has 0 aromatic heterocycles. The number of aliphatic carboxylic acids is 1. The minimum Gasteiger partial charge on any atom is -0.481 e. The van der Waals surface area contributed by atoms with E-state index in [1.807, 2.05) is 13.8 Å². The average Bonchev–Trinajstić information content (AvgIpc) is 3.04. The molecule has 3 atom stereocenters. The molecular formula is C27H39N3O6. The summed E-state index contributed by atoms with van der Waals surface area (Å²) < 4.78 is 0. The second kappa shape index (κ2) is 11.8. The number of amides is 4. The molecule has 198 valence electrons. The summed E-state index contributed by atoms with van der Waals surface area (Å²) in [6.07, 6.45) is 1.28. The number of fused-ring (bicyclic) bond motifs is 1. The smallest absolute Gasteiger partial charge is 0.307 e. The van der Waals surface area contributed by atoms with Gasteiger partial charge in [0.2, 0.25) is 11.8 Å². The summed E-state index contributed by atoms with van der Waals surface area (Å²) in [5.41, 5.74) is 6.24. The fraction of sp³-hybridized carbons (Fsp3) is 0.593. The Kier molecular flexibility index (Phi) is 9.54. The molecule has 1 aliphatic heterocycles. The molecule has 3 N–H and O–H groups in total. The Morgan fingerprint density at radius 3 is 1.94 bits per heavy atom. The van der Waals surface area contributed by atoms with Crippen molar-refractivity contribution in [2.24, 2.45) is 28.9 Å². The minimum atomic E-state index is -1.12. The lowest BCUT2D eigenvalue weighted by Gasteiger charge is -2.32. The fourth-order valence-corrected chi connectivity index (χ4v) is 4.45. The second-order valence-corrected chi connectivity index (χ2v) is 11.1. The molecule has 1 aromatic rings. The van der Waals surface area contributed by atoms with Crippen LogP contribution in [-0.2, 0) is 14.4 Å². The van der Waals surface area contributed by atoms with Crippen LogP contribution >= 0.6 is 0 Å². The van der Waals surface area contributed by atoms with Gasteiger partial charge >= 0.3 is 5.97 Å². The van der Waals surface area contributed by atoms with Crippen molar-refractivity contribution in [2.45, 2.75) is 66.3 Å². The van der Waals surface area contributed by atoms with Gasteiger partial charge in [-0.25, -0.2) is 0 Å². The van der Waals surface area contributed by atoms with Gasteiger partial charge in [-0.15, -0.1) is 0 Å². The van der Waals surface area contributed by atoms with Crippen molar-refractivity contribution in [3.63, 3.8) is 0 Å². The number of hydrogen-bond acceptors (Lipinski definition) is 6. The van der Waals surface area contributed by atoms with E-state index in [1.165, 1.54) is 11.9 Å². The number of imide groups is 2. The number of hydrogen-bond donors (Lipinski definition) is 2. The number of benzene rings is 1. The summed E-state index contributed by atoms with van der Waals surface area (Å²) in [5.74, 6) is -4.81. The van der Waals surface area contributed by atoms with Crippen molar-refractivity contribution in [2.75, 3.05) is 13.6 Å². The van der Waals surface area contributed by atoms with E-state index >= 15 is 0 Å². The third-order valence-electron chi connectivity index (χ3n) is 6.73. The maximum atomic E-state index is 13.3. The number of carboxylic acid groups (broad SMARTS) is 1. The second-order valence-electron chi connectivity index (χ2n) is 11.1. The Bertz CT molecular complexity index is 978. The molecule has 2 rings (SSSR count). The maximum absolute atomic E-state index is 13.3. The first-order chi connectivity index (χ1) is 16.7. The van der Waals surface area contributed by atoms with Gasteiger partial charge in [-0.2, -0.15) is 0 Å². The van der Waals surface area contributed by atoms with Gasteiger partial charge in [0, 0.05) is 13.6 Å². The summed E-state index contributed by atoms with van der Waals surface area (Å²) in [5, 5.41) is 9.98. The van der Waals surface area contributed by atoms with Crippen LogP contribution in [0.5, 0.6) is 0 Å². The normalized spacial score (nSPS) is 16.1. The molecule has 1 heterocycles. The zero-order valence-corrected chi connectivity index (χ0v) is 22.1. The molecule has 0 radical (unpaired) electrons. The first-order valence-corrected chi connectivity index (χ1v) is 12.4. The van der Waals surface area contributed by atoms with Gasteiger partial charge in [0.15, 0.2) is 0 Å². The Morgan fingerprint density at radius 2 is 1.50 bits per heavy atom. The molecule has 0 saturated carbocycles. The van der Waals surface area contributed by atoms with Crippen molar-refractivity contribution in [3.05, 3.63) is 35.4 Å². The summed E-state index contributed by atoms with van der Waals surface area (Å²) in [7, 11) is 1.35. The highest BCUT2D eigenvalue weighted by Gasteiger charge is 2.40. The molecule has 9 nitrogen and oxygen atoms in total. The van der Waals surface area contributed by atoms with Crippen LogP contribution in [0.25, 0.3) is 0 Å². The molecule has 0 saturated heterocycles. The van der Waals surface area contributed by atoms with Crippen LogP contribution in [0, 0.1) is 23.2 Å². The van der Waals surface area contributed by atoms with Gasteiger partial charge < -0.3 is 10.8 Å². The lowest BCUT2D eigenvalue weighted by molar-refractivity contribution is -0.155. The standard InChI is InChI=1S/C27H39N3O6/c1-16(2)15-20(22(31)29(6)25(34)21(28)27(3,4)5)19(26(35)36)13-9-10-14-30-23(32)17-11-7-8-12-18(17)24(30)33/h7-8,11-12,16,19-21H,9-10,13-15,28H2,1-6H3,(H,35,36)/t19?,20-,21-/m1/s1. The van der Waals surface area contributed by atoms with Crippen LogP contribution in [0.2, 0.25) is 0 Å². The van der Waals surface area contributed by atoms with Crippen molar-refractivity contribution < 1.29 is 29.1 Å². The van der Waals surface area contributed by atoms with Crippen molar-refractivity contribution in [1.29, 1.82) is 0 Å². The summed E-state index contributed by atoms with van der Waals surface area (Å²) in [4.78, 5) is 65.6. The van der Waals surface area contributed by atoms with E-state index in [0.29, 0.717) is 30.4 Å². The lowest BCUT2D eigenvalue weighted by Crippen LogP contribution is -2.53. The highest BCUT2D eigenvalue weighted by Crippen LogP contribution is 2.29. The van der Waals surface area contributed by atoms with Gasteiger partial charge in [0.25, 0.3) is 11.8 Å². The number of carbonyl (C=O) groups excluding carboxylic acids is 4. The number of carboxylic acids is 1. The van der Waals surface area contributed by atoms with Crippen LogP contribution in [0.1, 0.15) is 81.0 Å². The monoisotopic (exact) mass is 501 g/mol. The van der Waals surface area contributed by atoms with Gasteiger partial charge in [-0.1, -0.05) is 53.2 Å². The number of carbonyl (C=O) groups is 5. The summed E-state index contributed by atoms with van der Waals surface area (Å²) >= 11 is 0. The van der Waals surface area contributed by atoms with E-state index < -0.39 is 41.1 Å². The Morgan fingerprint density at radius 1 is 0.972 bits per heavy atom. The Labute approximate surface area is 213 Å². The van der Waals surface area contributed by atoms with Crippen LogP contribution in [0.3, 0.4) is 0 Å². The fourth-order valence-electron chi connectivity index (χ4n) is 4.45. The van der Waals surface area contributed by atoms with Crippen LogP contribution < -0.4 is 5.73 Å². The predicted octanol–water partition coefficient (Wildman–Crippen LogP) is 3.17. The van der Waals surface area contributed by atoms with Crippen LogP contribution in [-0.4, -0.2) is 64.1 Å². The van der Waals surface area contributed by atoms with E-state index in [0.717, 1.165) is 4.90 Å². The van der Waals surface area contributed by atoms with Gasteiger partial charge in [-0.3, -0.25) is 33.8 Å². The van der Waals surface area contributed by atoms with Crippen LogP contribution in [0.4, 0.5) is 0 Å². The molecule has 9 heteroatoms. The highest BCUT2D eigenvalue weighted by atomic mass is 16.4. The lowest BCUT2D eigenvalue weighted by atomic mass is 9.81. The van der Waals surface area contributed by atoms with E-state index in [9.17, 15) is 29.1 Å². The van der Waals surface area contributed by atoms with E-state index in [-0.39, 0.29) is 30.7 Å². The van der Waals surface area contributed by atoms with Gasteiger partial charge in [-0.05, 0) is 42.7 Å². The quantitative estimate of drug-likeness (QED) is 0.351. The average molecular weight is 502 g/mol. The first kappa shape index (κ1) is 29.2. The first-order valence-electron chi connectivity index (χ1n) is 12.4. The number of unbranched alkanes of at least 4 members (excludes halogenated alkanes) is 1. The molecule has 0 bridgehead atoms. The van der Waals surface area contributed by atoms with E-state index in [4.69, 9.17) is 5.73 Å². The van der Waals surface area contributed by atoms with Crippen LogP contribution in [0.15, 0.2) is 24.3 Å². The molecule has 1 aromatic carbocycles. The third kappa shape index (κ3) is 6.57. The van der Waals surface area contributed by atoms with Gasteiger partial charge in [0.05, 0.1) is 29.0 Å². The highest BCUT2D eigenvalue weighted by molar-refractivity contribution is 6.21. The zero-order chi connectivity index (χ0) is 27.4. The number of nitrogens with zero attached hydrogens (tertiary/aromatic N) is 2. The van der Waals surface area contributed by atoms with E-state index in [2.05, 4.69) is 0 Å². The topological polar surface area (TPSA) is 138 Å². The minimum absolute atomic E-state index is 0.0268. The zero-order valence-electron chi connectivity index (χ0n) is 22.1. The largest absolute Gasteiger partial charge is 0.481 e. The Balaban J connectivity index is 2.08. The predicted molar refractivity (Wildman–Crippen MR) is 135 cm³/mol. The number of rotatable bonds is 11. The number of likely N-dealkylation sites (N-methyl/N-ethyl adjacent to an activating group) is 1. The third-order valence-corrected chi connectivity index (χ3v) is 6.73. The molecule has 0 fully saturated rings. The van der Waals surface area contributed by atoms with Gasteiger partial charge in [0.1, 0.15) is 0 Å². The van der Waals surface area contributed by atoms with Crippen molar-refractivity contribution >= 4 is 29.6 Å². The molecule has 0 spiro atoms. The molecule has 4 amide bonds. The van der Waals surface area contributed by atoms with Crippen molar-refractivity contribution in [1.82, 2.24) is 9.80 Å². The molecule has 36 heavy (non-hydrogen) atoms. The van der Waals surface area contributed by atoms with Crippen molar-refractivity contribution in [3.8, 4) is 0 Å².